The number of fused-ring (bicyclic) bond motifs is 1. The van der Waals surface area contributed by atoms with Gasteiger partial charge in [-0.15, -0.1) is 0 Å². The van der Waals surface area contributed by atoms with Gasteiger partial charge in [0.1, 0.15) is 0 Å². The van der Waals surface area contributed by atoms with E-state index in [4.69, 9.17) is 35.4 Å². The summed E-state index contributed by atoms with van der Waals surface area (Å²) in [4.78, 5) is 2.18. The fourth-order valence-corrected chi connectivity index (χ4v) is 3.45. The Morgan fingerprint density at radius 1 is 1.29 bits per heavy atom. The Morgan fingerprint density at radius 3 is 2.86 bits per heavy atom. The van der Waals surface area contributed by atoms with Crippen molar-refractivity contribution in [3.8, 4) is 0 Å². The van der Waals surface area contributed by atoms with Crippen molar-refractivity contribution in [2.75, 3.05) is 11.9 Å². The van der Waals surface area contributed by atoms with Gasteiger partial charge in [-0.1, -0.05) is 23.2 Å². The maximum atomic E-state index is 6.18. The molecule has 1 N–H and O–H groups in total. The van der Waals surface area contributed by atoms with Gasteiger partial charge in [0, 0.05) is 30.0 Å². The smallest absolute Gasteiger partial charge is 0.174 e. The van der Waals surface area contributed by atoms with Crippen molar-refractivity contribution in [3.05, 3.63) is 52.3 Å². The predicted octanol–water partition coefficient (Wildman–Crippen LogP) is 4.57. The molecule has 0 amide bonds. The summed E-state index contributed by atoms with van der Waals surface area (Å²) in [6, 6.07) is 9.78. The standard InChI is InChI=1S/C15H15Cl2N3S/c1-10-14-3-2-6-19(14)7-8-20(10)15(21)18-13-5-4-11(16)9-12(13)17/h2-6,9-10H,7-8H2,1H3,(H,18,21). The first-order valence-corrected chi connectivity index (χ1v) is 7.90. The van der Waals surface area contributed by atoms with Gasteiger partial charge >= 0.3 is 0 Å². The molecule has 0 fully saturated rings. The average Bonchev–Trinajstić information content (AvgIpc) is 2.91. The SMILES string of the molecule is CC1c2cccn2CCN1C(=S)Nc1ccc(Cl)cc1Cl. The van der Waals surface area contributed by atoms with Crippen LogP contribution in [0.3, 0.4) is 0 Å². The van der Waals surface area contributed by atoms with Crippen LogP contribution in [0.4, 0.5) is 5.69 Å². The minimum absolute atomic E-state index is 0.236. The van der Waals surface area contributed by atoms with Crippen molar-refractivity contribution in [2.45, 2.75) is 19.5 Å². The molecule has 1 aliphatic heterocycles. The van der Waals surface area contributed by atoms with E-state index >= 15 is 0 Å². The third kappa shape index (κ3) is 2.89. The average molecular weight is 340 g/mol. The summed E-state index contributed by atoms with van der Waals surface area (Å²) in [6.45, 7) is 3.96. The molecule has 0 spiro atoms. The van der Waals surface area contributed by atoms with Crippen molar-refractivity contribution in [3.63, 3.8) is 0 Å². The van der Waals surface area contributed by atoms with E-state index in [-0.39, 0.29) is 6.04 Å². The van der Waals surface area contributed by atoms with Crippen LogP contribution in [0.15, 0.2) is 36.5 Å². The number of rotatable bonds is 1. The first-order chi connectivity index (χ1) is 10.1. The fraction of sp³-hybridized carbons (Fsp3) is 0.267. The van der Waals surface area contributed by atoms with E-state index in [1.165, 1.54) is 5.69 Å². The second-order valence-electron chi connectivity index (χ2n) is 5.05. The Balaban J connectivity index is 1.77. The van der Waals surface area contributed by atoms with E-state index in [0.717, 1.165) is 18.8 Å². The number of thiocarbonyl (C=S) groups is 1. The van der Waals surface area contributed by atoms with E-state index in [1.54, 1.807) is 12.1 Å². The normalized spacial score (nSPS) is 17.5. The largest absolute Gasteiger partial charge is 0.348 e. The topological polar surface area (TPSA) is 20.2 Å². The summed E-state index contributed by atoms with van der Waals surface area (Å²) in [5.41, 5.74) is 2.05. The predicted molar refractivity (Wildman–Crippen MR) is 92.2 cm³/mol. The van der Waals surface area contributed by atoms with Gasteiger partial charge in [0.15, 0.2) is 5.11 Å². The lowest BCUT2D eigenvalue weighted by atomic mass is 10.1. The molecule has 3 nitrogen and oxygen atoms in total. The van der Waals surface area contributed by atoms with E-state index in [9.17, 15) is 0 Å². The Hall–Kier alpha value is -1.23. The maximum absolute atomic E-state index is 6.18. The number of nitrogens with zero attached hydrogens (tertiary/aromatic N) is 2. The summed E-state index contributed by atoms with van der Waals surface area (Å²) in [7, 11) is 0. The van der Waals surface area contributed by atoms with Crippen molar-refractivity contribution in [2.24, 2.45) is 0 Å². The van der Waals surface area contributed by atoms with Crippen molar-refractivity contribution < 1.29 is 0 Å². The molecule has 6 heteroatoms. The molecule has 1 aromatic heterocycles. The number of hydrogen-bond donors (Lipinski definition) is 1. The van der Waals surface area contributed by atoms with E-state index < -0.39 is 0 Å². The van der Waals surface area contributed by atoms with Crippen LogP contribution in [0.2, 0.25) is 10.0 Å². The van der Waals surface area contributed by atoms with Gasteiger partial charge in [0.05, 0.1) is 16.8 Å². The van der Waals surface area contributed by atoms with Crippen LogP contribution in [-0.2, 0) is 6.54 Å². The van der Waals surface area contributed by atoms with Crippen LogP contribution in [0.25, 0.3) is 0 Å². The first-order valence-electron chi connectivity index (χ1n) is 6.74. The van der Waals surface area contributed by atoms with Gasteiger partial charge in [-0.3, -0.25) is 0 Å². The third-order valence-electron chi connectivity index (χ3n) is 3.78. The highest BCUT2D eigenvalue weighted by molar-refractivity contribution is 7.80. The third-order valence-corrected chi connectivity index (χ3v) is 4.66. The minimum atomic E-state index is 0.236. The summed E-state index contributed by atoms with van der Waals surface area (Å²) < 4.78 is 2.26. The quantitative estimate of drug-likeness (QED) is 0.768. The Morgan fingerprint density at radius 2 is 2.10 bits per heavy atom. The van der Waals surface area contributed by atoms with Crippen molar-refractivity contribution in [1.82, 2.24) is 9.47 Å². The lowest BCUT2D eigenvalue weighted by Crippen LogP contribution is -2.42. The molecule has 0 bridgehead atoms. The van der Waals surface area contributed by atoms with Crippen LogP contribution >= 0.6 is 35.4 Å². The molecule has 2 heterocycles. The Kier molecular flexibility index (Phi) is 4.11. The van der Waals surface area contributed by atoms with Crippen LogP contribution < -0.4 is 5.32 Å². The highest BCUT2D eigenvalue weighted by atomic mass is 35.5. The summed E-state index contributed by atoms with van der Waals surface area (Å²) in [6.07, 6.45) is 2.11. The molecule has 1 aliphatic rings. The molecule has 110 valence electrons. The molecule has 1 aromatic carbocycles. The van der Waals surface area contributed by atoms with Gasteiger partial charge in [-0.05, 0) is 49.5 Å². The van der Waals surface area contributed by atoms with Crippen LogP contribution in [0, 0.1) is 0 Å². The molecule has 0 saturated carbocycles. The maximum Gasteiger partial charge on any atom is 0.174 e. The highest BCUT2D eigenvalue weighted by Crippen LogP contribution is 2.29. The summed E-state index contributed by atoms with van der Waals surface area (Å²) in [5.74, 6) is 0. The number of halogens is 2. The van der Waals surface area contributed by atoms with Crippen molar-refractivity contribution in [1.29, 1.82) is 0 Å². The Labute approximate surface area is 139 Å². The fourth-order valence-electron chi connectivity index (χ4n) is 2.63. The van der Waals surface area contributed by atoms with E-state index in [1.807, 2.05) is 6.07 Å². The molecular formula is C15H15Cl2N3S. The first kappa shape index (κ1) is 14.7. The number of benzene rings is 1. The van der Waals surface area contributed by atoms with Crippen molar-refractivity contribution >= 4 is 46.2 Å². The molecule has 1 unspecified atom stereocenters. The minimum Gasteiger partial charge on any atom is -0.348 e. The van der Waals surface area contributed by atoms with Gasteiger partial charge in [-0.25, -0.2) is 0 Å². The monoisotopic (exact) mass is 339 g/mol. The summed E-state index contributed by atoms with van der Waals surface area (Å²) >= 11 is 17.6. The van der Waals surface area contributed by atoms with Gasteiger partial charge < -0.3 is 14.8 Å². The van der Waals surface area contributed by atoms with Crippen LogP contribution in [0.5, 0.6) is 0 Å². The molecule has 2 aromatic rings. The second-order valence-corrected chi connectivity index (χ2v) is 6.28. The zero-order valence-electron chi connectivity index (χ0n) is 11.5. The number of anilines is 1. The Bertz CT molecular complexity index is 683. The lowest BCUT2D eigenvalue weighted by molar-refractivity contribution is 0.276. The zero-order chi connectivity index (χ0) is 15.0. The molecule has 0 radical (unpaired) electrons. The molecule has 0 aliphatic carbocycles. The zero-order valence-corrected chi connectivity index (χ0v) is 13.8. The lowest BCUT2D eigenvalue weighted by Gasteiger charge is -2.36. The second kappa shape index (κ2) is 5.87. The summed E-state index contributed by atoms with van der Waals surface area (Å²) in [5, 5.41) is 5.08. The van der Waals surface area contributed by atoms with Gasteiger partial charge in [0.25, 0.3) is 0 Å². The van der Waals surface area contributed by atoms with Gasteiger partial charge in [-0.2, -0.15) is 0 Å². The van der Waals surface area contributed by atoms with Crippen LogP contribution in [-0.4, -0.2) is 21.1 Å². The van der Waals surface area contributed by atoms with Gasteiger partial charge in [0.2, 0.25) is 0 Å². The molecule has 0 saturated heterocycles. The molecular weight excluding hydrogens is 325 g/mol. The molecule has 1 atom stereocenters. The molecule has 21 heavy (non-hydrogen) atoms. The van der Waals surface area contributed by atoms with Crippen LogP contribution in [0.1, 0.15) is 18.7 Å². The van der Waals surface area contributed by atoms with E-state index in [0.29, 0.717) is 15.2 Å². The number of aromatic nitrogens is 1. The van der Waals surface area contributed by atoms with E-state index in [2.05, 4.69) is 40.0 Å². The highest BCUT2D eigenvalue weighted by Gasteiger charge is 2.25. The number of nitrogens with one attached hydrogen (secondary N) is 1. The molecule has 3 rings (SSSR count). The number of hydrogen-bond acceptors (Lipinski definition) is 1.